The third-order valence-electron chi connectivity index (χ3n) is 2.99. The van der Waals surface area contributed by atoms with E-state index in [0.717, 1.165) is 56.2 Å². The number of hydrogen-bond acceptors (Lipinski definition) is 4. The van der Waals surface area contributed by atoms with Crippen molar-refractivity contribution in [3.63, 3.8) is 0 Å². The van der Waals surface area contributed by atoms with E-state index in [9.17, 15) is 0 Å². The van der Waals surface area contributed by atoms with Crippen LogP contribution in [0.4, 0.5) is 11.4 Å². The third kappa shape index (κ3) is 3.81. The minimum Gasteiger partial charge on any atom is -0.493 e. The van der Waals surface area contributed by atoms with E-state index < -0.39 is 0 Å². The molecule has 0 atom stereocenters. The SMILES string of the molecule is CCCOc1cc(N)cc(NC2CCOCC2)c1. The fraction of sp³-hybridized carbons (Fsp3) is 0.571. The van der Waals surface area contributed by atoms with Gasteiger partial charge in [-0.3, -0.25) is 0 Å². The van der Waals surface area contributed by atoms with E-state index in [-0.39, 0.29) is 0 Å². The quantitative estimate of drug-likeness (QED) is 0.789. The number of anilines is 2. The van der Waals surface area contributed by atoms with Crippen LogP contribution in [0.25, 0.3) is 0 Å². The Morgan fingerprint density at radius 1 is 1.33 bits per heavy atom. The number of benzene rings is 1. The van der Waals surface area contributed by atoms with E-state index in [4.69, 9.17) is 15.2 Å². The second-order valence-electron chi connectivity index (χ2n) is 4.67. The monoisotopic (exact) mass is 250 g/mol. The second-order valence-corrected chi connectivity index (χ2v) is 4.67. The van der Waals surface area contributed by atoms with Crippen molar-refractivity contribution in [3.8, 4) is 5.75 Å². The Kier molecular flexibility index (Phi) is 4.70. The molecule has 1 aromatic carbocycles. The lowest BCUT2D eigenvalue weighted by Gasteiger charge is -2.24. The van der Waals surface area contributed by atoms with Crippen LogP contribution in [0.3, 0.4) is 0 Å². The summed E-state index contributed by atoms with van der Waals surface area (Å²) in [5.74, 6) is 0.839. The van der Waals surface area contributed by atoms with Crippen LogP contribution in [0.5, 0.6) is 5.75 Å². The minimum absolute atomic E-state index is 0.472. The van der Waals surface area contributed by atoms with Crippen LogP contribution in [-0.2, 0) is 4.74 Å². The van der Waals surface area contributed by atoms with Crippen molar-refractivity contribution in [2.45, 2.75) is 32.2 Å². The van der Waals surface area contributed by atoms with Crippen LogP contribution in [-0.4, -0.2) is 25.9 Å². The van der Waals surface area contributed by atoms with Gasteiger partial charge in [-0.15, -0.1) is 0 Å². The molecule has 0 bridgehead atoms. The third-order valence-corrected chi connectivity index (χ3v) is 2.99. The lowest BCUT2D eigenvalue weighted by molar-refractivity contribution is 0.0904. The Balaban J connectivity index is 1.99. The van der Waals surface area contributed by atoms with Crippen molar-refractivity contribution in [1.82, 2.24) is 0 Å². The molecule has 0 unspecified atom stereocenters. The first-order valence-corrected chi connectivity index (χ1v) is 6.65. The Labute approximate surface area is 108 Å². The van der Waals surface area contributed by atoms with Crippen LogP contribution in [0.15, 0.2) is 18.2 Å². The smallest absolute Gasteiger partial charge is 0.123 e. The highest BCUT2D eigenvalue weighted by Crippen LogP contribution is 2.24. The van der Waals surface area contributed by atoms with Gasteiger partial charge in [-0.25, -0.2) is 0 Å². The van der Waals surface area contributed by atoms with Gasteiger partial charge in [-0.1, -0.05) is 6.92 Å². The van der Waals surface area contributed by atoms with Crippen molar-refractivity contribution in [3.05, 3.63) is 18.2 Å². The zero-order valence-electron chi connectivity index (χ0n) is 10.9. The molecule has 2 rings (SSSR count). The zero-order valence-corrected chi connectivity index (χ0v) is 10.9. The van der Waals surface area contributed by atoms with Gasteiger partial charge in [0.25, 0.3) is 0 Å². The highest BCUT2D eigenvalue weighted by molar-refractivity contribution is 5.59. The average molecular weight is 250 g/mol. The molecule has 1 aromatic rings. The summed E-state index contributed by atoms with van der Waals surface area (Å²) in [6.45, 7) is 4.48. The highest BCUT2D eigenvalue weighted by Gasteiger charge is 2.13. The summed E-state index contributed by atoms with van der Waals surface area (Å²) in [7, 11) is 0. The van der Waals surface area contributed by atoms with Gasteiger partial charge < -0.3 is 20.5 Å². The van der Waals surface area contributed by atoms with Crippen LogP contribution in [0, 0.1) is 0 Å². The maximum Gasteiger partial charge on any atom is 0.123 e. The molecule has 0 aliphatic carbocycles. The summed E-state index contributed by atoms with van der Waals surface area (Å²) < 4.78 is 11.0. The fourth-order valence-corrected chi connectivity index (χ4v) is 2.09. The molecule has 0 spiro atoms. The average Bonchev–Trinajstić information content (AvgIpc) is 2.37. The lowest BCUT2D eigenvalue weighted by atomic mass is 10.1. The standard InChI is InChI=1S/C14H22N2O2/c1-2-5-18-14-9-11(15)8-13(10-14)16-12-3-6-17-7-4-12/h8-10,12,16H,2-7,15H2,1H3. The molecule has 0 aromatic heterocycles. The van der Waals surface area contributed by atoms with Gasteiger partial charge in [-0.05, 0) is 25.3 Å². The van der Waals surface area contributed by atoms with Crippen molar-refractivity contribution < 1.29 is 9.47 Å². The van der Waals surface area contributed by atoms with Crippen molar-refractivity contribution in [1.29, 1.82) is 0 Å². The van der Waals surface area contributed by atoms with Gasteiger partial charge in [0.15, 0.2) is 0 Å². The van der Waals surface area contributed by atoms with E-state index >= 15 is 0 Å². The number of hydrogen-bond donors (Lipinski definition) is 2. The Morgan fingerprint density at radius 2 is 2.11 bits per heavy atom. The summed E-state index contributed by atoms with van der Waals surface area (Å²) in [5.41, 5.74) is 7.66. The second kappa shape index (κ2) is 6.50. The number of nitrogens with one attached hydrogen (secondary N) is 1. The topological polar surface area (TPSA) is 56.5 Å². The Morgan fingerprint density at radius 3 is 2.83 bits per heavy atom. The summed E-state index contributed by atoms with van der Waals surface area (Å²) in [6.07, 6.45) is 3.08. The maximum absolute atomic E-state index is 5.89. The molecule has 1 aliphatic heterocycles. The molecule has 4 nitrogen and oxygen atoms in total. The Bertz CT molecular complexity index is 376. The minimum atomic E-state index is 0.472. The largest absolute Gasteiger partial charge is 0.493 e. The molecule has 1 aliphatic rings. The molecule has 100 valence electrons. The summed E-state index contributed by atoms with van der Waals surface area (Å²) in [5, 5.41) is 3.50. The molecule has 4 heteroatoms. The first kappa shape index (κ1) is 13.0. The lowest BCUT2D eigenvalue weighted by Crippen LogP contribution is -2.27. The van der Waals surface area contributed by atoms with E-state index in [1.165, 1.54) is 0 Å². The van der Waals surface area contributed by atoms with E-state index in [1.54, 1.807) is 0 Å². The molecule has 1 fully saturated rings. The highest BCUT2D eigenvalue weighted by atomic mass is 16.5. The van der Waals surface area contributed by atoms with E-state index in [0.29, 0.717) is 6.04 Å². The summed E-state index contributed by atoms with van der Waals surface area (Å²) in [4.78, 5) is 0. The number of ether oxygens (including phenoxy) is 2. The first-order valence-electron chi connectivity index (χ1n) is 6.65. The van der Waals surface area contributed by atoms with Crippen molar-refractivity contribution in [2.75, 3.05) is 30.9 Å². The molecule has 18 heavy (non-hydrogen) atoms. The molecular formula is C14H22N2O2. The Hall–Kier alpha value is -1.42. The van der Waals surface area contributed by atoms with Crippen LogP contribution in [0.1, 0.15) is 26.2 Å². The summed E-state index contributed by atoms with van der Waals surface area (Å²) in [6, 6.07) is 6.31. The normalized spacial score (nSPS) is 16.5. The van der Waals surface area contributed by atoms with Gasteiger partial charge in [0.1, 0.15) is 5.75 Å². The fourth-order valence-electron chi connectivity index (χ4n) is 2.09. The van der Waals surface area contributed by atoms with Gasteiger partial charge >= 0.3 is 0 Å². The van der Waals surface area contributed by atoms with Gasteiger partial charge in [0.05, 0.1) is 6.61 Å². The van der Waals surface area contributed by atoms with E-state index in [1.807, 2.05) is 18.2 Å². The molecule has 0 radical (unpaired) electrons. The maximum atomic E-state index is 5.89. The van der Waals surface area contributed by atoms with Gasteiger partial charge in [-0.2, -0.15) is 0 Å². The number of nitrogens with two attached hydrogens (primary N) is 1. The van der Waals surface area contributed by atoms with Crippen LogP contribution in [0.2, 0.25) is 0 Å². The van der Waals surface area contributed by atoms with Gasteiger partial charge in [0.2, 0.25) is 0 Å². The number of rotatable bonds is 5. The van der Waals surface area contributed by atoms with Gasteiger partial charge in [0, 0.05) is 42.8 Å². The first-order chi connectivity index (χ1) is 8.78. The number of nitrogen functional groups attached to an aromatic ring is 1. The van der Waals surface area contributed by atoms with E-state index in [2.05, 4.69) is 12.2 Å². The zero-order chi connectivity index (χ0) is 12.8. The van der Waals surface area contributed by atoms with Crippen LogP contribution < -0.4 is 15.8 Å². The molecule has 0 amide bonds. The molecular weight excluding hydrogens is 228 g/mol. The predicted octanol–water partition coefficient (Wildman–Crippen LogP) is 2.65. The van der Waals surface area contributed by atoms with Crippen LogP contribution >= 0.6 is 0 Å². The summed E-state index contributed by atoms with van der Waals surface area (Å²) >= 11 is 0. The molecule has 3 N–H and O–H groups in total. The molecule has 1 saturated heterocycles. The molecule has 1 heterocycles. The predicted molar refractivity (Wildman–Crippen MR) is 74.1 cm³/mol. The molecule has 0 saturated carbocycles. The van der Waals surface area contributed by atoms with Crippen molar-refractivity contribution >= 4 is 11.4 Å². The van der Waals surface area contributed by atoms with Crippen molar-refractivity contribution in [2.24, 2.45) is 0 Å².